The van der Waals surface area contributed by atoms with Crippen LogP contribution in [0.25, 0.3) is 0 Å². The summed E-state index contributed by atoms with van der Waals surface area (Å²) in [6.45, 7) is 11.4. The third-order valence-electron chi connectivity index (χ3n) is 3.17. The molecule has 0 aliphatic carbocycles. The molecule has 0 radical (unpaired) electrons. The van der Waals surface area contributed by atoms with E-state index in [9.17, 15) is 0 Å². The highest BCUT2D eigenvalue weighted by atomic mass is 14.8. The van der Waals surface area contributed by atoms with Crippen LogP contribution in [0.2, 0.25) is 0 Å². The number of hydrogen-bond acceptors (Lipinski definition) is 1. The van der Waals surface area contributed by atoms with Crippen LogP contribution in [-0.4, -0.2) is 13.1 Å². The van der Waals surface area contributed by atoms with Gasteiger partial charge in [0.2, 0.25) is 0 Å². The largest absolute Gasteiger partial charge is 0.317 e. The molecule has 17 heavy (non-hydrogen) atoms. The van der Waals surface area contributed by atoms with Crippen molar-refractivity contribution in [2.45, 2.75) is 46.5 Å². The number of rotatable bonds is 6. The van der Waals surface area contributed by atoms with Crippen LogP contribution in [0.5, 0.6) is 0 Å². The Kier molecular flexibility index (Phi) is 5.70. The SMILES string of the molecule is CC(CCNCCC(C)(C)C)c1ccccc1. The average Bonchev–Trinajstić information content (AvgIpc) is 2.28. The van der Waals surface area contributed by atoms with Crippen molar-refractivity contribution in [3.63, 3.8) is 0 Å². The van der Waals surface area contributed by atoms with Gasteiger partial charge in [-0.05, 0) is 42.8 Å². The molecule has 1 aromatic rings. The molecule has 0 aromatic heterocycles. The first-order valence-electron chi connectivity index (χ1n) is 6.75. The zero-order valence-electron chi connectivity index (χ0n) is 11.8. The molecule has 0 saturated heterocycles. The fourth-order valence-corrected chi connectivity index (χ4v) is 1.86. The molecule has 1 N–H and O–H groups in total. The summed E-state index contributed by atoms with van der Waals surface area (Å²) in [5, 5.41) is 3.54. The van der Waals surface area contributed by atoms with Gasteiger partial charge in [0.15, 0.2) is 0 Å². The highest BCUT2D eigenvalue weighted by Gasteiger charge is 2.09. The summed E-state index contributed by atoms with van der Waals surface area (Å²) in [4.78, 5) is 0. The monoisotopic (exact) mass is 233 g/mol. The van der Waals surface area contributed by atoms with Crippen molar-refractivity contribution >= 4 is 0 Å². The first-order valence-corrected chi connectivity index (χ1v) is 6.75. The van der Waals surface area contributed by atoms with Crippen LogP contribution in [0.1, 0.15) is 52.0 Å². The lowest BCUT2D eigenvalue weighted by atomic mass is 9.92. The van der Waals surface area contributed by atoms with Gasteiger partial charge < -0.3 is 5.32 Å². The van der Waals surface area contributed by atoms with Crippen LogP contribution in [0.15, 0.2) is 30.3 Å². The molecule has 1 aromatic carbocycles. The van der Waals surface area contributed by atoms with E-state index in [4.69, 9.17) is 0 Å². The van der Waals surface area contributed by atoms with Gasteiger partial charge in [-0.1, -0.05) is 58.0 Å². The lowest BCUT2D eigenvalue weighted by molar-refractivity contribution is 0.365. The standard InChI is InChI=1S/C16H27N/c1-14(15-8-6-5-7-9-15)10-12-17-13-11-16(2,3)4/h5-9,14,17H,10-13H2,1-4H3. The summed E-state index contributed by atoms with van der Waals surface area (Å²) >= 11 is 0. The second-order valence-electron chi connectivity index (χ2n) is 6.16. The molecule has 1 heteroatoms. The maximum absolute atomic E-state index is 3.54. The van der Waals surface area contributed by atoms with Crippen molar-refractivity contribution in [2.24, 2.45) is 5.41 Å². The fourth-order valence-electron chi connectivity index (χ4n) is 1.86. The molecule has 0 aliphatic heterocycles. The second kappa shape index (κ2) is 6.80. The number of nitrogens with one attached hydrogen (secondary N) is 1. The van der Waals surface area contributed by atoms with Crippen LogP contribution >= 0.6 is 0 Å². The van der Waals surface area contributed by atoms with Gasteiger partial charge in [-0.25, -0.2) is 0 Å². The van der Waals surface area contributed by atoms with E-state index in [-0.39, 0.29) is 0 Å². The Morgan fingerprint density at radius 1 is 1.06 bits per heavy atom. The summed E-state index contributed by atoms with van der Waals surface area (Å²) in [7, 11) is 0. The van der Waals surface area contributed by atoms with Crippen LogP contribution in [0.3, 0.4) is 0 Å². The third-order valence-corrected chi connectivity index (χ3v) is 3.17. The summed E-state index contributed by atoms with van der Waals surface area (Å²) in [5.74, 6) is 0.651. The number of benzene rings is 1. The van der Waals surface area contributed by atoms with Crippen LogP contribution in [0.4, 0.5) is 0 Å². The third kappa shape index (κ3) is 6.48. The molecule has 0 saturated carbocycles. The van der Waals surface area contributed by atoms with Gasteiger partial charge in [0.05, 0.1) is 0 Å². The van der Waals surface area contributed by atoms with E-state index in [1.807, 2.05) is 0 Å². The minimum atomic E-state index is 0.443. The maximum Gasteiger partial charge on any atom is -0.00432 e. The summed E-state index contributed by atoms with van der Waals surface area (Å²) in [6.07, 6.45) is 2.46. The Morgan fingerprint density at radius 3 is 2.29 bits per heavy atom. The van der Waals surface area contributed by atoms with E-state index >= 15 is 0 Å². The predicted molar refractivity (Wildman–Crippen MR) is 76.4 cm³/mol. The van der Waals surface area contributed by atoms with Crippen molar-refractivity contribution in [3.8, 4) is 0 Å². The smallest absolute Gasteiger partial charge is 0.00432 e. The average molecular weight is 233 g/mol. The molecule has 1 unspecified atom stereocenters. The zero-order valence-corrected chi connectivity index (χ0v) is 11.8. The van der Waals surface area contributed by atoms with Gasteiger partial charge in [0.1, 0.15) is 0 Å². The molecule has 96 valence electrons. The Hall–Kier alpha value is -0.820. The Morgan fingerprint density at radius 2 is 1.71 bits per heavy atom. The quantitative estimate of drug-likeness (QED) is 0.726. The van der Waals surface area contributed by atoms with Gasteiger partial charge >= 0.3 is 0 Å². The molecule has 1 atom stereocenters. The van der Waals surface area contributed by atoms with E-state index in [1.165, 1.54) is 18.4 Å². The molecule has 0 bridgehead atoms. The first-order chi connectivity index (χ1) is 7.99. The zero-order chi connectivity index (χ0) is 12.7. The molecule has 1 nitrogen and oxygen atoms in total. The van der Waals surface area contributed by atoms with Crippen LogP contribution in [-0.2, 0) is 0 Å². The lowest BCUT2D eigenvalue weighted by Gasteiger charge is -2.18. The van der Waals surface area contributed by atoms with Crippen molar-refractivity contribution in [1.82, 2.24) is 5.32 Å². The van der Waals surface area contributed by atoms with Gasteiger partial charge in [-0.3, -0.25) is 0 Å². The Labute approximate surface area is 107 Å². The molecule has 0 heterocycles. The van der Waals surface area contributed by atoms with Gasteiger partial charge in [0, 0.05) is 0 Å². The fraction of sp³-hybridized carbons (Fsp3) is 0.625. The van der Waals surface area contributed by atoms with E-state index in [2.05, 4.69) is 63.3 Å². The van der Waals surface area contributed by atoms with Gasteiger partial charge in [0.25, 0.3) is 0 Å². The minimum Gasteiger partial charge on any atom is -0.317 e. The highest BCUT2D eigenvalue weighted by molar-refractivity contribution is 5.18. The van der Waals surface area contributed by atoms with Crippen LogP contribution < -0.4 is 5.32 Å². The second-order valence-corrected chi connectivity index (χ2v) is 6.16. The highest BCUT2D eigenvalue weighted by Crippen LogP contribution is 2.18. The molecular weight excluding hydrogens is 206 g/mol. The van der Waals surface area contributed by atoms with Crippen molar-refractivity contribution in [1.29, 1.82) is 0 Å². The van der Waals surface area contributed by atoms with E-state index in [0.29, 0.717) is 11.3 Å². The van der Waals surface area contributed by atoms with E-state index in [1.54, 1.807) is 0 Å². The normalized spacial score (nSPS) is 13.6. The molecule has 0 fully saturated rings. The van der Waals surface area contributed by atoms with E-state index in [0.717, 1.165) is 13.1 Å². The Bertz CT molecular complexity index is 297. The minimum absolute atomic E-state index is 0.443. The van der Waals surface area contributed by atoms with E-state index < -0.39 is 0 Å². The molecule has 1 rings (SSSR count). The first kappa shape index (κ1) is 14.2. The maximum atomic E-state index is 3.54. The molecule has 0 aliphatic rings. The van der Waals surface area contributed by atoms with Crippen molar-refractivity contribution in [3.05, 3.63) is 35.9 Å². The molecular formula is C16H27N. The summed E-state index contributed by atoms with van der Waals surface area (Å²) in [6, 6.07) is 10.8. The predicted octanol–water partition coefficient (Wildman–Crippen LogP) is 4.21. The Balaban J connectivity index is 2.15. The van der Waals surface area contributed by atoms with Crippen molar-refractivity contribution < 1.29 is 0 Å². The topological polar surface area (TPSA) is 12.0 Å². The summed E-state index contributed by atoms with van der Waals surface area (Å²) < 4.78 is 0. The molecule has 0 amide bonds. The van der Waals surface area contributed by atoms with Gasteiger partial charge in [-0.15, -0.1) is 0 Å². The van der Waals surface area contributed by atoms with Gasteiger partial charge in [-0.2, -0.15) is 0 Å². The lowest BCUT2D eigenvalue weighted by Crippen LogP contribution is -2.22. The molecule has 0 spiro atoms. The van der Waals surface area contributed by atoms with Crippen LogP contribution in [0, 0.1) is 5.41 Å². The number of hydrogen-bond donors (Lipinski definition) is 1. The summed E-state index contributed by atoms with van der Waals surface area (Å²) in [5.41, 5.74) is 1.89. The van der Waals surface area contributed by atoms with Crippen molar-refractivity contribution in [2.75, 3.05) is 13.1 Å².